The lowest BCUT2D eigenvalue weighted by Gasteiger charge is -2.18. The summed E-state index contributed by atoms with van der Waals surface area (Å²) in [6.07, 6.45) is 5.61. The Labute approximate surface area is 145 Å². The van der Waals surface area contributed by atoms with Crippen LogP contribution < -0.4 is 15.6 Å². The molecule has 3 aromatic rings. The van der Waals surface area contributed by atoms with Crippen LogP contribution in [-0.4, -0.2) is 38.2 Å². The van der Waals surface area contributed by atoms with Gasteiger partial charge in [-0.15, -0.1) is 5.10 Å². The molecule has 1 aliphatic heterocycles. The first-order chi connectivity index (χ1) is 12.2. The van der Waals surface area contributed by atoms with Crippen LogP contribution in [0.3, 0.4) is 0 Å². The molecule has 2 unspecified atom stereocenters. The quantitative estimate of drug-likeness (QED) is 0.726. The Hall–Kier alpha value is -2.71. The molecular formula is C17H21N7O. The number of rotatable bonds is 5. The molecule has 130 valence electrons. The maximum atomic E-state index is 5.24. The molecule has 0 spiro atoms. The Bertz CT molecular complexity index is 839. The number of nitrogens with one attached hydrogen (secondary N) is 2. The summed E-state index contributed by atoms with van der Waals surface area (Å²) in [6.45, 7) is 1.64. The highest BCUT2D eigenvalue weighted by Crippen LogP contribution is 2.27. The van der Waals surface area contributed by atoms with Gasteiger partial charge in [0.05, 0.1) is 19.3 Å². The van der Waals surface area contributed by atoms with E-state index in [1.165, 1.54) is 5.56 Å². The summed E-state index contributed by atoms with van der Waals surface area (Å²) in [6, 6.07) is 8.38. The van der Waals surface area contributed by atoms with Gasteiger partial charge < -0.3 is 9.30 Å². The molecule has 3 heterocycles. The third-order valence-corrected chi connectivity index (χ3v) is 4.58. The van der Waals surface area contributed by atoms with Crippen molar-refractivity contribution in [2.24, 2.45) is 13.0 Å². The molecule has 0 bridgehead atoms. The fourth-order valence-electron chi connectivity index (χ4n) is 3.22. The monoisotopic (exact) mass is 339 g/mol. The third-order valence-electron chi connectivity index (χ3n) is 4.58. The second-order valence-corrected chi connectivity index (χ2v) is 6.22. The van der Waals surface area contributed by atoms with E-state index < -0.39 is 0 Å². The first-order valence-electron chi connectivity index (χ1n) is 8.25. The van der Waals surface area contributed by atoms with Crippen molar-refractivity contribution in [1.82, 2.24) is 35.4 Å². The molecule has 2 N–H and O–H groups in total. The van der Waals surface area contributed by atoms with E-state index in [0.29, 0.717) is 5.92 Å². The number of hydrogen-bond acceptors (Lipinski definition) is 6. The summed E-state index contributed by atoms with van der Waals surface area (Å²) in [4.78, 5) is 4.32. The minimum atomic E-state index is 0.215. The molecule has 2 atom stereocenters. The number of methoxy groups -OCH3 is 1. The van der Waals surface area contributed by atoms with Gasteiger partial charge in [0.1, 0.15) is 11.4 Å². The summed E-state index contributed by atoms with van der Waals surface area (Å²) < 4.78 is 9.06. The lowest BCUT2D eigenvalue weighted by molar-refractivity contribution is 0.387. The van der Waals surface area contributed by atoms with Crippen LogP contribution in [0.1, 0.15) is 11.6 Å². The van der Waals surface area contributed by atoms with E-state index in [2.05, 4.69) is 38.3 Å². The largest absolute Gasteiger partial charge is 0.497 e. The lowest BCUT2D eigenvalue weighted by Crippen LogP contribution is -2.25. The molecule has 1 aromatic carbocycles. The standard InChI is InChI=1S/C17H21N7O/c1-23-8-7-18-17(23)15-11-24(22-20-15)10-13-9-19-21-16(13)12-3-5-14(25-2)6-4-12/h3-8,11,13,16,19,21H,9-10H2,1-2H3. The Morgan fingerprint density at radius 3 is 2.84 bits per heavy atom. The molecule has 0 aliphatic carbocycles. The van der Waals surface area contributed by atoms with E-state index in [1.807, 2.05) is 40.8 Å². The zero-order valence-corrected chi connectivity index (χ0v) is 14.3. The highest BCUT2D eigenvalue weighted by molar-refractivity contribution is 5.47. The summed E-state index contributed by atoms with van der Waals surface area (Å²) in [5.41, 5.74) is 8.62. The van der Waals surface area contributed by atoms with Crippen LogP contribution in [-0.2, 0) is 13.6 Å². The molecule has 8 nitrogen and oxygen atoms in total. The van der Waals surface area contributed by atoms with Crippen molar-refractivity contribution in [3.63, 3.8) is 0 Å². The van der Waals surface area contributed by atoms with Crippen LogP contribution in [0.2, 0.25) is 0 Å². The fourth-order valence-corrected chi connectivity index (χ4v) is 3.22. The van der Waals surface area contributed by atoms with Crippen LogP contribution >= 0.6 is 0 Å². The van der Waals surface area contributed by atoms with E-state index in [-0.39, 0.29) is 6.04 Å². The molecule has 1 fully saturated rings. The van der Waals surface area contributed by atoms with E-state index in [4.69, 9.17) is 4.74 Å². The van der Waals surface area contributed by atoms with Gasteiger partial charge in [0.2, 0.25) is 0 Å². The molecule has 0 saturated carbocycles. The summed E-state index contributed by atoms with van der Waals surface area (Å²) in [7, 11) is 3.63. The average molecular weight is 339 g/mol. The SMILES string of the molecule is COc1ccc(C2NNCC2Cn2cc(-c3nccn3C)nn2)cc1. The van der Waals surface area contributed by atoms with E-state index in [9.17, 15) is 0 Å². The molecule has 4 rings (SSSR count). The number of nitrogens with zero attached hydrogens (tertiary/aromatic N) is 5. The summed E-state index contributed by atoms with van der Waals surface area (Å²) >= 11 is 0. The number of hydrogen-bond donors (Lipinski definition) is 2. The maximum absolute atomic E-state index is 5.24. The van der Waals surface area contributed by atoms with Gasteiger partial charge in [0.15, 0.2) is 5.82 Å². The van der Waals surface area contributed by atoms with Crippen molar-refractivity contribution in [3.05, 3.63) is 48.4 Å². The van der Waals surface area contributed by atoms with Gasteiger partial charge >= 0.3 is 0 Å². The molecule has 8 heteroatoms. The summed E-state index contributed by atoms with van der Waals surface area (Å²) in [5.74, 6) is 2.05. The molecule has 0 radical (unpaired) electrons. The minimum absolute atomic E-state index is 0.215. The molecule has 0 amide bonds. The first-order valence-corrected chi connectivity index (χ1v) is 8.25. The van der Waals surface area contributed by atoms with Crippen molar-refractivity contribution < 1.29 is 4.74 Å². The Balaban J connectivity index is 1.50. The van der Waals surface area contributed by atoms with Gasteiger partial charge in [-0.2, -0.15) is 0 Å². The number of aryl methyl sites for hydroxylation is 1. The Morgan fingerprint density at radius 2 is 2.12 bits per heavy atom. The topological polar surface area (TPSA) is 81.8 Å². The first kappa shape index (κ1) is 15.8. The predicted molar refractivity (Wildman–Crippen MR) is 92.6 cm³/mol. The number of aromatic nitrogens is 5. The fraction of sp³-hybridized carbons (Fsp3) is 0.353. The van der Waals surface area contributed by atoms with E-state index in [1.54, 1.807) is 13.3 Å². The van der Waals surface area contributed by atoms with Crippen molar-refractivity contribution in [3.8, 4) is 17.3 Å². The third kappa shape index (κ3) is 3.13. The van der Waals surface area contributed by atoms with E-state index in [0.717, 1.165) is 30.4 Å². The Morgan fingerprint density at radius 1 is 1.28 bits per heavy atom. The molecule has 1 saturated heterocycles. The zero-order chi connectivity index (χ0) is 17.2. The van der Waals surface area contributed by atoms with Gasteiger partial charge in [-0.25, -0.2) is 10.4 Å². The van der Waals surface area contributed by atoms with Crippen molar-refractivity contribution >= 4 is 0 Å². The number of benzene rings is 1. The maximum Gasteiger partial charge on any atom is 0.161 e. The normalized spacial score (nSPS) is 20.1. The van der Waals surface area contributed by atoms with Gasteiger partial charge in [-0.3, -0.25) is 10.1 Å². The molecule has 2 aromatic heterocycles. The van der Waals surface area contributed by atoms with Gasteiger partial charge in [0.25, 0.3) is 0 Å². The highest BCUT2D eigenvalue weighted by atomic mass is 16.5. The van der Waals surface area contributed by atoms with E-state index >= 15 is 0 Å². The zero-order valence-electron chi connectivity index (χ0n) is 14.3. The molecule has 1 aliphatic rings. The highest BCUT2D eigenvalue weighted by Gasteiger charge is 2.29. The minimum Gasteiger partial charge on any atom is -0.497 e. The summed E-state index contributed by atoms with van der Waals surface area (Å²) in [5, 5.41) is 8.52. The van der Waals surface area contributed by atoms with Crippen LogP contribution in [0.15, 0.2) is 42.9 Å². The van der Waals surface area contributed by atoms with Crippen LogP contribution in [0.4, 0.5) is 0 Å². The van der Waals surface area contributed by atoms with Gasteiger partial charge in [-0.05, 0) is 17.7 Å². The van der Waals surface area contributed by atoms with Gasteiger partial charge in [0, 0.05) is 38.4 Å². The number of imidazole rings is 1. The van der Waals surface area contributed by atoms with Crippen LogP contribution in [0.5, 0.6) is 5.75 Å². The molecule has 25 heavy (non-hydrogen) atoms. The lowest BCUT2D eigenvalue weighted by atomic mass is 9.95. The smallest absolute Gasteiger partial charge is 0.161 e. The second kappa shape index (κ2) is 6.66. The van der Waals surface area contributed by atoms with Crippen molar-refractivity contribution in [1.29, 1.82) is 0 Å². The number of hydrazine groups is 1. The molecular weight excluding hydrogens is 318 g/mol. The van der Waals surface area contributed by atoms with Gasteiger partial charge in [-0.1, -0.05) is 17.3 Å². The van der Waals surface area contributed by atoms with Crippen molar-refractivity contribution in [2.45, 2.75) is 12.6 Å². The predicted octanol–water partition coefficient (Wildman–Crippen LogP) is 1.15. The Kier molecular flexibility index (Phi) is 4.21. The van der Waals surface area contributed by atoms with Crippen LogP contribution in [0, 0.1) is 5.92 Å². The second-order valence-electron chi connectivity index (χ2n) is 6.22. The van der Waals surface area contributed by atoms with Crippen LogP contribution in [0.25, 0.3) is 11.5 Å². The number of ether oxygens (including phenoxy) is 1. The average Bonchev–Trinajstić information content (AvgIpc) is 3.36. The van der Waals surface area contributed by atoms with Crippen molar-refractivity contribution in [2.75, 3.05) is 13.7 Å².